The van der Waals surface area contributed by atoms with Crippen LogP contribution in [-0.2, 0) is 6.61 Å². The Labute approximate surface area is 172 Å². The molecule has 0 spiro atoms. The largest absolute Gasteiger partial charge is 0.481 e. The Bertz CT molecular complexity index is 1270. The van der Waals surface area contributed by atoms with E-state index in [1.165, 1.54) is 0 Å². The highest BCUT2D eigenvalue weighted by atomic mass is 35.5. The van der Waals surface area contributed by atoms with Gasteiger partial charge < -0.3 is 13.7 Å². The van der Waals surface area contributed by atoms with Gasteiger partial charge in [-0.2, -0.15) is 0 Å². The van der Waals surface area contributed by atoms with Gasteiger partial charge in [0.05, 0.1) is 21.7 Å². The quantitative estimate of drug-likeness (QED) is 0.419. The molecule has 4 aromatic rings. The van der Waals surface area contributed by atoms with E-state index >= 15 is 0 Å². The second kappa shape index (κ2) is 7.41. The average Bonchev–Trinajstić information content (AvgIpc) is 3.01. The van der Waals surface area contributed by atoms with E-state index in [0.717, 1.165) is 22.4 Å². The van der Waals surface area contributed by atoms with Crippen LogP contribution < -0.4 is 10.2 Å². The van der Waals surface area contributed by atoms with Gasteiger partial charge in [-0.05, 0) is 63.1 Å². The molecular weight excluding hydrogens is 390 g/mol. The molecule has 0 aliphatic heterocycles. The van der Waals surface area contributed by atoms with E-state index in [-0.39, 0.29) is 17.8 Å². The van der Waals surface area contributed by atoms with Gasteiger partial charge in [-0.25, -0.2) is 0 Å². The zero-order valence-corrected chi connectivity index (χ0v) is 17.4. The molecule has 0 aliphatic carbocycles. The maximum atomic E-state index is 13.4. The summed E-state index contributed by atoms with van der Waals surface area (Å²) in [6.45, 7) is 7.72. The third-order valence-corrected chi connectivity index (χ3v) is 5.46. The number of rotatable bonds is 4. The SMILES string of the molecule is Cc1cc2oc(-c3ccccc3Cl)c(OCc3c(C)noc3C)c(=O)c2cc1C. The number of hydrogen-bond donors (Lipinski definition) is 0. The normalized spacial score (nSPS) is 11.2. The maximum Gasteiger partial charge on any atom is 0.235 e. The summed E-state index contributed by atoms with van der Waals surface area (Å²) in [7, 11) is 0. The van der Waals surface area contributed by atoms with E-state index in [4.69, 9.17) is 25.3 Å². The van der Waals surface area contributed by atoms with Crippen LogP contribution in [0, 0.1) is 27.7 Å². The minimum atomic E-state index is -0.240. The van der Waals surface area contributed by atoms with Crippen molar-refractivity contribution in [1.29, 1.82) is 0 Å². The van der Waals surface area contributed by atoms with Gasteiger partial charge in [0, 0.05) is 5.56 Å². The summed E-state index contributed by atoms with van der Waals surface area (Å²) in [5.41, 5.74) is 4.42. The molecule has 0 saturated carbocycles. The van der Waals surface area contributed by atoms with Gasteiger partial charge in [0.15, 0.2) is 5.76 Å². The summed E-state index contributed by atoms with van der Waals surface area (Å²) in [6, 6.07) is 10.9. The highest BCUT2D eigenvalue weighted by molar-refractivity contribution is 6.33. The Hall–Kier alpha value is -3.05. The van der Waals surface area contributed by atoms with Gasteiger partial charge in [-0.15, -0.1) is 0 Å². The second-order valence-corrected chi connectivity index (χ2v) is 7.50. The minimum Gasteiger partial charge on any atom is -0.481 e. The zero-order valence-electron chi connectivity index (χ0n) is 16.6. The number of aromatic nitrogens is 1. The number of halogens is 1. The molecule has 0 aliphatic rings. The highest BCUT2D eigenvalue weighted by Gasteiger charge is 2.21. The molecular formula is C23H20ClNO4. The highest BCUT2D eigenvalue weighted by Crippen LogP contribution is 2.36. The number of benzene rings is 2. The topological polar surface area (TPSA) is 65.5 Å². The molecule has 0 radical (unpaired) electrons. The lowest BCUT2D eigenvalue weighted by molar-refractivity contribution is 0.294. The van der Waals surface area contributed by atoms with Crippen LogP contribution in [0.3, 0.4) is 0 Å². The second-order valence-electron chi connectivity index (χ2n) is 7.09. The van der Waals surface area contributed by atoms with E-state index in [0.29, 0.717) is 33.1 Å². The summed E-state index contributed by atoms with van der Waals surface area (Å²) in [4.78, 5) is 13.4. The molecule has 2 aromatic carbocycles. The predicted molar refractivity (Wildman–Crippen MR) is 113 cm³/mol. The van der Waals surface area contributed by atoms with Crippen LogP contribution in [0.15, 0.2) is 50.1 Å². The molecule has 148 valence electrons. The Morgan fingerprint density at radius 2 is 1.79 bits per heavy atom. The average molecular weight is 410 g/mol. The monoisotopic (exact) mass is 409 g/mol. The predicted octanol–water partition coefficient (Wildman–Crippen LogP) is 5.91. The first-order valence-corrected chi connectivity index (χ1v) is 9.62. The molecule has 0 unspecified atom stereocenters. The lowest BCUT2D eigenvalue weighted by Crippen LogP contribution is -2.11. The fourth-order valence-corrected chi connectivity index (χ4v) is 3.46. The third kappa shape index (κ3) is 3.42. The summed E-state index contributed by atoms with van der Waals surface area (Å²) in [6.07, 6.45) is 0. The van der Waals surface area contributed by atoms with Crippen LogP contribution in [-0.4, -0.2) is 5.16 Å². The van der Waals surface area contributed by atoms with E-state index in [2.05, 4.69) is 5.16 Å². The van der Waals surface area contributed by atoms with E-state index in [1.54, 1.807) is 12.1 Å². The van der Waals surface area contributed by atoms with Crippen molar-refractivity contribution < 1.29 is 13.7 Å². The van der Waals surface area contributed by atoms with Crippen LogP contribution >= 0.6 is 11.6 Å². The summed E-state index contributed by atoms with van der Waals surface area (Å²) in [5, 5.41) is 4.88. The van der Waals surface area contributed by atoms with Gasteiger partial charge in [-0.3, -0.25) is 4.79 Å². The molecule has 5 nitrogen and oxygen atoms in total. The molecule has 2 heterocycles. The molecule has 0 bridgehead atoms. The van der Waals surface area contributed by atoms with Gasteiger partial charge in [0.2, 0.25) is 11.2 Å². The lowest BCUT2D eigenvalue weighted by Gasteiger charge is -2.13. The summed E-state index contributed by atoms with van der Waals surface area (Å²) < 4.78 is 17.3. The van der Waals surface area contributed by atoms with Crippen molar-refractivity contribution in [2.24, 2.45) is 0 Å². The van der Waals surface area contributed by atoms with Crippen molar-refractivity contribution in [3.8, 4) is 17.1 Å². The number of hydrogen-bond acceptors (Lipinski definition) is 5. The van der Waals surface area contributed by atoms with Crippen LogP contribution in [0.5, 0.6) is 5.75 Å². The van der Waals surface area contributed by atoms with Crippen molar-refractivity contribution in [3.05, 3.63) is 79.8 Å². The minimum absolute atomic E-state index is 0.119. The Morgan fingerprint density at radius 3 is 2.48 bits per heavy atom. The fraction of sp³-hybridized carbons (Fsp3) is 0.217. The molecule has 6 heteroatoms. The standard InChI is InChI=1S/C23H20ClNO4/c1-12-9-17-20(10-13(12)2)28-22(16-7-5-6-8-19(16)24)23(21(17)26)27-11-18-14(3)25-29-15(18)4/h5-10H,11H2,1-4H3. The third-order valence-electron chi connectivity index (χ3n) is 5.13. The van der Waals surface area contributed by atoms with Gasteiger partial charge in [-0.1, -0.05) is 28.9 Å². The van der Waals surface area contributed by atoms with Gasteiger partial charge in [0.25, 0.3) is 0 Å². The number of nitrogens with zero attached hydrogens (tertiary/aromatic N) is 1. The molecule has 0 fully saturated rings. The van der Waals surface area contributed by atoms with Crippen LogP contribution in [0.4, 0.5) is 0 Å². The van der Waals surface area contributed by atoms with Crippen molar-refractivity contribution in [2.45, 2.75) is 34.3 Å². The van der Waals surface area contributed by atoms with Crippen molar-refractivity contribution in [2.75, 3.05) is 0 Å². The maximum absolute atomic E-state index is 13.4. The van der Waals surface area contributed by atoms with Crippen molar-refractivity contribution in [1.82, 2.24) is 5.16 Å². The zero-order chi connectivity index (χ0) is 20.7. The Kier molecular flexibility index (Phi) is 4.92. The molecule has 0 amide bonds. The van der Waals surface area contributed by atoms with Crippen molar-refractivity contribution >= 4 is 22.6 Å². The lowest BCUT2D eigenvalue weighted by atomic mass is 10.0. The molecule has 0 atom stereocenters. The van der Waals surface area contributed by atoms with Crippen LogP contribution in [0.2, 0.25) is 5.02 Å². The molecule has 4 rings (SSSR count). The van der Waals surface area contributed by atoms with E-state index in [9.17, 15) is 4.79 Å². The first kappa shape index (κ1) is 19.3. The van der Waals surface area contributed by atoms with E-state index in [1.807, 2.05) is 52.0 Å². The van der Waals surface area contributed by atoms with Crippen LogP contribution in [0.1, 0.15) is 28.1 Å². The Morgan fingerprint density at radius 1 is 1.07 bits per heavy atom. The first-order valence-electron chi connectivity index (χ1n) is 9.24. The van der Waals surface area contributed by atoms with Gasteiger partial charge in [0.1, 0.15) is 18.0 Å². The number of aryl methyl sites for hydroxylation is 4. The number of ether oxygens (including phenoxy) is 1. The Balaban J connectivity index is 1.93. The number of fused-ring (bicyclic) bond motifs is 1. The van der Waals surface area contributed by atoms with Gasteiger partial charge >= 0.3 is 0 Å². The van der Waals surface area contributed by atoms with E-state index < -0.39 is 0 Å². The molecule has 0 N–H and O–H groups in total. The van der Waals surface area contributed by atoms with Crippen LogP contribution in [0.25, 0.3) is 22.3 Å². The summed E-state index contributed by atoms with van der Waals surface area (Å²) in [5.74, 6) is 1.08. The first-order chi connectivity index (χ1) is 13.9. The van der Waals surface area contributed by atoms with Crippen molar-refractivity contribution in [3.63, 3.8) is 0 Å². The summed E-state index contributed by atoms with van der Waals surface area (Å²) >= 11 is 6.40. The fourth-order valence-electron chi connectivity index (χ4n) is 3.24. The molecule has 2 aromatic heterocycles. The molecule has 29 heavy (non-hydrogen) atoms. The smallest absolute Gasteiger partial charge is 0.235 e. The molecule has 0 saturated heterocycles.